The molecule has 2 aromatic rings. The number of benzene rings is 2. The molecule has 0 saturated carbocycles. The van der Waals surface area contributed by atoms with Crippen LogP contribution in [-0.2, 0) is 0 Å². The number of aliphatic hydroxyl groups excluding tert-OH is 2. The Bertz CT molecular complexity index is 1100. The predicted molar refractivity (Wildman–Crippen MR) is 127 cm³/mol. The van der Waals surface area contributed by atoms with Gasteiger partial charge in [-0.1, -0.05) is 24.0 Å². The molecular formula is C27H30N2O5. The van der Waals surface area contributed by atoms with Gasteiger partial charge in [-0.2, -0.15) is 0 Å². The fourth-order valence-electron chi connectivity index (χ4n) is 5.31. The van der Waals surface area contributed by atoms with Crippen LogP contribution in [0.1, 0.15) is 47.2 Å². The molecule has 0 unspecified atom stereocenters. The zero-order chi connectivity index (χ0) is 23.7. The van der Waals surface area contributed by atoms with Crippen LogP contribution in [0.25, 0.3) is 0 Å². The quantitative estimate of drug-likeness (QED) is 0.681. The number of hydrogen-bond donors (Lipinski definition) is 2. The van der Waals surface area contributed by atoms with E-state index in [0.717, 1.165) is 30.5 Å². The minimum atomic E-state index is -0.665. The number of amides is 1. The maximum Gasteiger partial charge on any atom is 0.254 e. The average Bonchev–Trinajstić information content (AvgIpc) is 3.30. The van der Waals surface area contributed by atoms with Crippen molar-refractivity contribution in [2.24, 2.45) is 0 Å². The summed E-state index contributed by atoms with van der Waals surface area (Å²) in [6.45, 7) is 4.15. The first-order chi connectivity index (χ1) is 16.5. The highest BCUT2D eigenvalue weighted by molar-refractivity contribution is 5.95. The number of ether oxygens (including phenoxy) is 2. The second-order valence-electron chi connectivity index (χ2n) is 9.17. The lowest BCUT2D eigenvalue weighted by Gasteiger charge is -2.57. The van der Waals surface area contributed by atoms with Crippen LogP contribution >= 0.6 is 0 Å². The van der Waals surface area contributed by atoms with E-state index in [-0.39, 0.29) is 37.3 Å². The van der Waals surface area contributed by atoms with E-state index >= 15 is 0 Å². The van der Waals surface area contributed by atoms with E-state index in [1.807, 2.05) is 17.0 Å². The van der Waals surface area contributed by atoms with Gasteiger partial charge >= 0.3 is 0 Å². The smallest absolute Gasteiger partial charge is 0.254 e. The van der Waals surface area contributed by atoms with Crippen LogP contribution in [0.5, 0.6) is 11.5 Å². The molecule has 2 aromatic carbocycles. The van der Waals surface area contributed by atoms with Gasteiger partial charge in [-0.25, -0.2) is 0 Å². The van der Waals surface area contributed by atoms with Gasteiger partial charge in [-0.3, -0.25) is 9.69 Å². The molecule has 0 aromatic heterocycles. The Kier molecular flexibility index (Phi) is 6.46. The van der Waals surface area contributed by atoms with Gasteiger partial charge in [0.2, 0.25) is 6.79 Å². The molecule has 4 atom stereocenters. The minimum Gasteiger partial charge on any atom is -0.454 e. The van der Waals surface area contributed by atoms with E-state index in [0.29, 0.717) is 30.2 Å². The number of nitrogens with zero attached hydrogens (tertiary/aromatic N) is 2. The van der Waals surface area contributed by atoms with Crippen molar-refractivity contribution >= 4 is 5.91 Å². The number of fused-ring (bicyclic) bond motifs is 2. The first-order valence-electron chi connectivity index (χ1n) is 11.9. The van der Waals surface area contributed by atoms with E-state index in [2.05, 4.69) is 28.9 Å². The van der Waals surface area contributed by atoms with E-state index < -0.39 is 6.10 Å². The van der Waals surface area contributed by atoms with Crippen molar-refractivity contribution < 1.29 is 24.5 Å². The molecule has 5 rings (SSSR count). The lowest BCUT2D eigenvalue weighted by molar-refractivity contribution is -0.0606. The largest absolute Gasteiger partial charge is 0.454 e. The van der Waals surface area contributed by atoms with Crippen LogP contribution in [0, 0.1) is 11.8 Å². The van der Waals surface area contributed by atoms with Crippen molar-refractivity contribution in [3.05, 3.63) is 59.2 Å². The maximum atomic E-state index is 13.4. The minimum absolute atomic E-state index is 0.00454. The number of hydrogen-bond acceptors (Lipinski definition) is 6. The molecule has 7 nitrogen and oxygen atoms in total. The first kappa shape index (κ1) is 22.7. The van der Waals surface area contributed by atoms with Gasteiger partial charge in [0.1, 0.15) is 6.10 Å². The molecule has 3 aliphatic rings. The van der Waals surface area contributed by atoms with Crippen molar-refractivity contribution in [2.45, 2.75) is 43.9 Å². The van der Waals surface area contributed by atoms with Crippen LogP contribution in [0.4, 0.5) is 0 Å². The Balaban J connectivity index is 1.37. The van der Waals surface area contributed by atoms with E-state index in [1.165, 1.54) is 0 Å². The number of carbonyl (C=O) groups is 1. The third kappa shape index (κ3) is 4.37. The van der Waals surface area contributed by atoms with Gasteiger partial charge in [0, 0.05) is 42.2 Å². The molecule has 34 heavy (non-hydrogen) atoms. The normalized spacial score (nSPS) is 24.7. The highest BCUT2D eigenvalue weighted by atomic mass is 16.7. The zero-order valence-corrected chi connectivity index (χ0v) is 19.3. The summed E-state index contributed by atoms with van der Waals surface area (Å²) in [5.74, 6) is 7.15. The predicted octanol–water partition coefficient (Wildman–Crippen LogP) is 2.21. The van der Waals surface area contributed by atoms with Gasteiger partial charge in [-0.05, 0) is 62.2 Å². The fraction of sp³-hybridized carbons (Fsp3) is 0.444. The summed E-state index contributed by atoms with van der Waals surface area (Å²) in [4.78, 5) is 17.7. The lowest BCUT2D eigenvalue weighted by atomic mass is 9.74. The van der Waals surface area contributed by atoms with E-state index in [9.17, 15) is 15.0 Å². The molecule has 178 valence electrons. The van der Waals surface area contributed by atoms with Crippen LogP contribution in [0.3, 0.4) is 0 Å². The summed E-state index contributed by atoms with van der Waals surface area (Å²) < 4.78 is 10.8. The molecule has 3 heterocycles. The number of rotatable bonds is 3. The number of carbonyl (C=O) groups excluding carboxylic acids is 1. The van der Waals surface area contributed by atoms with Gasteiger partial charge in [0.15, 0.2) is 11.5 Å². The van der Waals surface area contributed by atoms with E-state index in [4.69, 9.17) is 9.47 Å². The molecule has 2 N–H and O–H groups in total. The SMILES string of the molecule is C[C@@H](O)C#Cc1ccc([C@@H]2[C@@H](CO)N3CCCCN(C(=O)c4ccc5c(c4)OCO5)C[C@@H]23)cc1. The summed E-state index contributed by atoms with van der Waals surface area (Å²) >= 11 is 0. The van der Waals surface area contributed by atoms with Crippen molar-refractivity contribution in [1.82, 2.24) is 9.80 Å². The number of aliphatic hydroxyl groups is 2. The second kappa shape index (κ2) is 9.67. The molecular weight excluding hydrogens is 432 g/mol. The molecule has 0 spiro atoms. The third-order valence-corrected chi connectivity index (χ3v) is 7.00. The van der Waals surface area contributed by atoms with Crippen molar-refractivity contribution in [3.8, 4) is 23.3 Å². The molecule has 1 amide bonds. The van der Waals surface area contributed by atoms with Crippen LogP contribution in [0.15, 0.2) is 42.5 Å². The summed E-state index contributed by atoms with van der Waals surface area (Å²) in [7, 11) is 0. The molecule has 2 fully saturated rings. The summed E-state index contributed by atoms with van der Waals surface area (Å²) in [6.07, 6.45) is 1.25. The standard InChI is InChI=1S/C27H30N2O5/c1-18(31)4-5-19-6-8-20(9-7-19)26-22-15-28(12-2-3-13-29(22)23(26)16-30)27(32)21-10-11-24-25(14-21)34-17-33-24/h6-11,14,18,22-23,26,30-31H,2-3,12-13,15-17H2,1H3/t18-,22+,23-,26+/m1/s1. The first-order valence-corrected chi connectivity index (χ1v) is 11.9. The van der Waals surface area contributed by atoms with Crippen LogP contribution in [0.2, 0.25) is 0 Å². The Morgan fingerprint density at radius 2 is 1.88 bits per heavy atom. The van der Waals surface area contributed by atoms with Gasteiger partial charge in [-0.15, -0.1) is 0 Å². The highest BCUT2D eigenvalue weighted by Crippen LogP contribution is 2.42. The summed E-state index contributed by atoms with van der Waals surface area (Å²) in [6, 6.07) is 13.6. The Hall–Kier alpha value is -3.05. The Labute approximate surface area is 199 Å². The van der Waals surface area contributed by atoms with Gasteiger partial charge in [0.25, 0.3) is 5.91 Å². The molecule has 0 bridgehead atoms. The highest BCUT2D eigenvalue weighted by Gasteiger charge is 2.49. The van der Waals surface area contributed by atoms with Gasteiger partial charge in [0.05, 0.1) is 6.61 Å². The van der Waals surface area contributed by atoms with Crippen LogP contribution in [-0.4, -0.2) is 77.1 Å². The fourth-order valence-corrected chi connectivity index (χ4v) is 5.31. The topological polar surface area (TPSA) is 82.5 Å². The Morgan fingerprint density at radius 3 is 2.65 bits per heavy atom. The third-order valence-electron chi connectivity index (χ3n) is 7.00. The monoisotopic (exact) mass is 462 g/mol. The van der Waals surface area contributed by atoms with Gasteiger partial charge < -0.3 is 24.6 Å². The Morgan fingerprint density at radius 1 is 1.12 bits per heavy atom. The van der Waals surface area contributed by atoms with Crippen LogP contribution < -0.4 is 9.47 Å². The van der Waals surface area contributed by atoms with Crippen molar-refractivity contribution in [2.75, 3.05) is 33.0 Å². The second-order valence-corrected chi connectivity index (χ2v) is 9.17. The molecule has 7 heteroatoms. The molecule has 0 aliphatic carbocycles. The van der Waals surface area contributed by atoms with Crippen molar-refractivity contribution in [3.63, 3.8) is 0 Å². The summed E-state index contributed by atoms with van der Waals surface area (Å²) in [5.41, 5.74) is 2.59. The summed E-state index contributed by atoms with van der Waals surface area (Å²) in [5, 5.41) is 19.6. The zero-order valence-electron chi connectivity index (χ0n) is 19.3. The van der Waals surface area contributed by atoms with E-state index in [1.54, 1.807) is 25.1 Å². The lowest BCUT2D eigenvalue weighted by Crippen LogP contribution is -2.67. The average molecular weight is 463 g/mol. The molecule has 2 saturated heterocycles. The molecule has 0 radical (unpaired) electrons. The maximum absolute atomic E-state index is 13.4. The van der Waals surface area contributed by atoms with Crippen molar-refractivity contribution in [1.29, 1.82) is 0 Å². The molecule has 3 aliphatic heterocycles.